The summed E-state index contributed by atoms with van der Waals surface area (Å²) < 4.78 is 29.9. The lowest BCUT2D eigenvalue weighted by Crippen LogP contribution is -2.14. The molecule has 0 spiro atoms. The number of sulfone groups is 1. The maximum atomic E-state index is 12.2. The van der Waals surface area contributed by atoms with Gasteiger partial charge in [-0.2, -0.15) is 0 Å². The topological polar surface area (TPSA) is 102 Å². The van der Waals surface area contributed by atoms with E-state index in [-0.39, 0.29) is 35.4 Å². The molecule has 146 valence electrons. The molecule has 8 heteroatoms. The van der Waals surface area contributed by atoms with E-state index in [2.05, 4.69) is 15.5 Å². The second-order valence-electron chi connectivity index (χ2n) is 6.50. The molecule has 1 aromatic heterocycles. The summed E-state index contributed by atoms with van der Waals surface area (Å²) in [6.07, 6.45) is 0.231. The average Bonchev–Trinajstić information content (AvgIpc) is 3.13. The Morgan fingerprint density at radius 3 is 2.50 bits per heavy atom. The molecule has 0 aliphatic carbocycles. The zero-order chi connectivity index (χ0) is 20.1. The van der Waals surface area contributed by atoms with Crippen LogP contribution >= 0.6 is 0 Å². The van der Waals surface area contributed by atoms with Crippen LogP contribution in [0.4, 0.5) is 6.01 Å². The van der Waals surface area contributed by atoms with Crippen LogP contribution in [0, 0.1) is 13.8 Å². The largest absolute Gasteiger partial charge is 0.403 e. The molecule has 7 nitrogen and oxygen atoms in total. The van der Waals surface area contributed by atoms with Crippen LogP contribution in [0.3, 0.4) is 0 Å². The Kier molecular flexibility index (Phi) is 5.89. The van der Waals surface area contributed by atoms with Crippen molar-refractivity contribution < 1.29 is 17.6 Å². The van der Waals surface area contributed by atoms with Gasteiger partial charge in [0.2, 0.25) is 11.8 Å². The first-order valence-corrected chi connectivity index (χ1v) is 10.5. The van der Waals surface area contributed by atoms with Gasteiger partial charge in [0.15, 0.2) is 9.84 Å². The molecule has 1 amide bonds. The Morgan fingerprint density at radius 1 is 1.04 bits per heavy atom. The highest BCUT2D eigenvalue weighted by molar-refractivity contribution is 7.91. The van der Waals surface area contributed by atoms with Crippen LogP contribution in [-0.2, 0) is 14.6 Å². The second-order valence-corrected chi connectivity index (χ2v) is 8.60. The minimum Gasteiger partial charge on any atom is -0.403 e. The van der Waals surface area contributed by atoms with E-state index in [1.165, 1.54) is 0 Å². The number of hydrogen-bond donors (Lipinski definition) is 1. The predicted octanol–water partition coefficient (Wildman–Crippen LogP) is 3.55. The van der Waals surface area contributed by atoms with Crippen LogP contribution < -0.4 is 5.32 Å². The van der Waals surface area contributed by atoms with Crippen molar-refractivity contribution in [3.63, 3.8) is 0 Å². The number of amides is 1. The van der Waals surface area contributed by atoms with Crippen molar-refractivity contribution in [1.29, 1.82) is 0 Å². The van der Waals surface area contributed by atoms with Crippen molar-refractivity contribution in [1.82, 2.24) is 10.2 Å². The molecule has 2 aromatic carbocycles. The molecule has 28 heavy (non-hydrogen) atoms. The van der Waals surface area contributed by atoms with Gasteiger partial charge >= 0.3 is 6.01 Å². The van der Waals surface area contributed by atoms with E-state index in [9.17, 15) is 13.2 Å². The Morgan fingerprint density at radius 2 is 1.79 bits per heavy atom. The van der Waals surface area contributed by atoms with Gasteiger partial charge in [-0.25, -0.2) is 8.42 Å². The van der Waals surface area contributed by atoms with Crippen LogP contribution in [0.5, 0.6) is 0 Å². The summed E-state index contributed by atoms with van der Waals surface area (Å²) in [6.45, 7) is 4.00. The van der Waals surface area contributed by atoms with Crippen LogP contribution in [0.25, 0.3) is 11.5 Å². The molecule has 3 rings (SSSR count). The smallest absolute Gasteiger partial charge is 0.322 e. The highest BCUT2D eigenvalue weighted by Gasteiger charge is 2.16. The first kappa shape index (κ1) is 19.8. The summed E-state index contributed by atoms with van der Waals surface area (Å²) in [5.41, 5.74) is 3.02. The lowest BCUT2D eigenvalue weighted by atomic mass is 10.1. The van der Waals surface area contributed by atoms with E-state index in [0.717, 1.165) is 16.7 Å². The number of rotatable bonds is 7. The molecule has 0 aliphatic heterocycles. The molecule has 0 atom stereocenters. The van der Waals surface area contributed by atoms with Gasteiger partial charge < -0.3 is 4.42 Å². The summed E-state index contributed by atoms with van der Waals surface area (Å²) >= 11 is 0. The number of benzene rings is 2. The molecule has 0 aliphatic rings. The molecule has 1 heterocycles. The number of aryl methyl sites for hydroxylation is 2. The first-order chi connectivity index (χ1) is 13.3. The maximum Gasteiger partial charge on any atom is 0.322 e. The van der Waals surface area contributed by atoms with Crippen molar-refractivity contribution >= 4 is 21.8 Å². The van der Waals surface area contributed by atoms with Gasteiger partial charge in [-0.3, -0.25) is 10.1 Å². The zero-order valence-electron chi connectivity index (χ0n) is 15.7. The highest BCUT2D eigenvalue weighted by Crippen LogP contribution is 2.22. The van der Waals surface area contributed by atoms with E-state index >= 15 is 0 Å². The van der Waals surface area contributed by atoms with E-state index in [0.29, 0.717) is 5.89 Å². The summed E-state index contributed by atoms with van der Waals surface area (Å²) in [4.78, 5) is 12.3. The number of nitrogens with zero attached hydrogens (tertiary/aromatic N) is 2. The van der Waals surface area contributed by atoms with Gasteiger partial charge in [0.25, 0.3) is 0 Å². The van der Waals surface area contributed by atoms with Crippen molar-refractivity contribution in [2.45, 2.75) is 31.6 Å². The zero-order valence-corrected chi connectivity index (χ0v) is 16.5. The average molecular weight is 399 g/mol. The second kappa shape index (κ2) is 8.35. The molecule has 0 bridgehead atoms. The van der Waals surface area contributed by atoms with E-state index in [4.69, 9.17) is 4.42 Å². The normalized spacial score (nSPS) is 11.4. The van der Waals surface area contributed by atoms with Gasteiger partial charge in [0.1, 0.15) is 0 Å². The van der Waals surface area contributed by atoms with Crippen LogP contribution in [0.1, 0.15) is 24.0 Å². The third-order valence-electron chi connectivity index (χ3n) is 4.34. The van der Waals surface area contributed by atoms with Crippen molar-refractivity contribution in [2.24, 2.45) is 0 Å². The molecule has 0 saturated carbocycles. The number of nitrogens with one attached hydrogen (secondary N) is 1. The fourth-order valence-corrected chi connectivity index (χ4v) is 3.95. The van der Waals surface area contributed by atoms with Crippen LogP contribution in [0.2, 0.25) is 0 Å². The lowest BCUT2D eigenvalue weighted by Gasteiger charge is -2.04. The number of carbonyl (C=O) groups excluding carboxylic acids is 1. The third-order valence-corrected chi connectivity index (χ3v) is 6.16. The summed E-state index contributed by atoms with van der Waals surface area (Å²) in [5, 5.41) is 10.3. The van der Waals surface area contributed by atoms with Crippen molar-refractivity contribution in [2.75, 3.05) is 11.1 Å². The third kappa shape index (κ3) is 4.83. The molecule has 0 radical (unpaired) electrons. The van der Waals surface area contributed by atoms with E-state index in [1.54, 1.807) is 30.3 Å². The predicted molar refractivity (Wildman–Crippen MR) is 106 cm³/mol. The Bertz CT molecular complexity index is 1080. The highest BCUT2D eigenvalue weighted by atomic mass is 32.2. The molecule has 0 fully saturated rings. The minimum absolute atomic E-state index is 0.0101. The number of anilines is 1. The van der Waals surface area contributed by atoms with Gasteiger partial charge in [-0.1, -0.05) is 29.4 Å². The SMILES string of the molecule is Cc1ccc(-c2nnc(NC(=O)CCCS(=O)(=O)c3ccccc3)o2)cc1C. The Hall–Kier alpha value is -3.00. The minimum atomic E-state index is -3.40. The molecule has 1 N–H and O–H groups in total. The number of hydrogen-bond acceptors (Lipinski definition) is 6. The van der Waals surface area contributed by atoms with Crippen LogP contribution in [-0.4, -0.2) is 30.3 Å². The van der Waals surface area contributed by atoms with Crippen molar-refractivity contribution in [3.05, 3.63) is 59.7 Å². The van der Waals surface area contributed by atoms with Gasteiger partial charge in [0, 0.05) is 12.0 Å². The van der Waals surface area contributed by atoms with Gasteiger partial charge in [-0.15, -0.1) is 5.10 Å². The fraction of sp³-hybridized carbons (Fsp3) is 0.250. The standard InChI is InChI=1S/C20H21N3O4S/c1-14-10-11-16(13-15(14)2)19-22-23-20(27-19)21-18(24)9-6-12-28(25,26)17-7-4-3-5-8-17/h3-5,7-8,10-11,13H,6,9,12H2,1-2H3,(H,21,23,24). The van der Waals surface area contributed by atoms with E-state index in [1.807, 2.05) is 32.0 Å². The fourth-order valence-electron chi connectivity index (χ4n) is 2.62. The molecule has 3 aromatic rings. The molecule has 0 saturated heterocycles. The quantitative estimate of drug-likeness (QED) is 0.652. The summed E-state index contributed by atoms with van der Waals surface area (Å²) in [6, 6.07) is 13.9. The molecular weight excluding hydrogens is 378 g/mol. The van der Waals surface area contributed by atoms with Gasteiger partial charge in [0.05, 0.1) is 10.6 Å². The summed E-state index contributed by atoms with van der Waals surface area (Å²) in [5.74, 6) is -0.175. The van der Waals surface area contributed by atoms with Gasteiger partial charge in [-0.05, 0) is 55.7 Å². The van der Waals surface area contributed by atoms with Crippen molar-refractivity contribution in [3.8, 4) is 11.5 Å². The Labute approximate surface area is 163 Å². The number of aromatic nitrogens is 2. The van der Waals surface area contributed by atoms with E-state index < -0.39 is 9.84 Å². The lowest BCUT2D eigenvalue weighted by molar-refractivity contribution is -0.116. The molecular formula is C20H21N3O4S. The van der Waals surface area contributed by atoms with Crippen LogP contribution in [0.15, 0.2) is 57.8 Å². The maximum absolute atomic E-state index is 12.2. The summed E-state index contributed by atoms with van der Waals surface area (Å²) in [7, 11) is -3.40. The first-order valence-electron chi connectivity index (χ1n) is 8.84. The Balaban J connectivity index is 1.54. The molecule has 0 unspecified atom stereocenters. The number of carbonyl (C=O) groups is 1. The monoisotopic (exact) mass is 399 g/mol.